The molecule has 0 spiro atoms. The molecule has 0 unspecified atom stereocenters. The summed E-state index contributed by atoms with van der Waals surface area (Å²) in [4.78, 5) is 0. The molecule has 1 nitrogen and oxygen atoms in total. The summed E-state index contributed by atoms with van der Waals surface area (Å²) in [5.41, 5.74) is 3.29. The Morgan fingerprint density at radius 3 is 2.05 bits per heavy atom. The van der Waals surface area contributed by atoms with Crippen LogP contribution >= 0.6 is 0 Å². The molecule has 1 saturated carbocycles. The van der Waals surface area contributed by atoms with E-state index in [0.29, 0.717) is 0 Å². The van der Waals surface area contributed by atoms with Gasteiger partial charge in [-0.25, -0.2) is 0 Å². The van der Waals surface area contributed by atoms with Crippen LogP contribution in [0.4, 0.5) is 0 Å². The molecule has 0 atom stereocenters. The lowest BCUT2D eigenvalue weighted by Crippen LogP contribution is -2.17. The van der Waals surface area contributed by atoms with Crippen LogP contribution < -0.4 is 0 Å². The second-order valence-electron chi connectivity index (χ2n) is 5.78. The molecule has 0 heterocycles. The molecule has 0 bridgehead atoms. The minimum absolute atomic E-state index is 0.0324. The Hall–Kier alpha value is -2.04. The van der Waals surface area contributed by atoms with Crippen molar-refractivity contribution in [2.75, 3.05) is 0 Å². The van der Waals surface area contributed by atoms with Crippen molar-refractivity contribution in [2.24, 2.45) is 0 Å². The van der Waals surface area contributed by atoms with Crippen LogP contribution in [-0.2, 0) is 10.3 Å². The Kier molecular flexibility index (Phi) is 3.82. The number of benzene rings is 2. The molecule has 0 amide bonds. The zero-order chi connectivity index (χ0) is 14.7. The SMILES string of the molecule is CC(C)OC1(c2ccc(C#Cc3cc[c]cc3)cc2)CC1. The molecular formula is C20H19O. The van der Waals surface area contributed by atoms with Crippen molar-refractivity contribution in [3.05, 3.63) is 71.3 Å². The van der Waals surface area contributed by atoms with Crippen molar-refractivity contribution in [3.63, 3.8) is 0 Å². The summed E-state index contributed by atoms with van der Waals surface area (Å²) in [5.74, 6) is 6.36. The molecule has 0 saturated heterocycles. The largest absolute Gasteiger partial charge is 0.368 e. The van der Waals surface area contributed by atoms with Crippen LogP contribution in [0.1, 0.15) is 43.4 Å². The maximum absolute atomic E-state index is 6.06. The lowest BCUT2D eigenvalue weighted by atomic mass is 10.0. The molecule has 1 heteroatoms. The number of ether oxygens (including phenoxy) is 1. The molecule has 0 aliphatic heterocycles. The molecule has 105 valence electrons. The highest BCUT2D eigenvalue weighted by molar-refractivity contribution is 5.44. The van der Waals surface area contributed by atoms with Gasteiger partial charge < -0.3 is 4.74 Å². The number of hydrogen-bond acceptors (Lipinski definition) is 1. The molecule has 2 aromatic rings. The van der Waals surface area contributed by atoms with Gasteiger partial charge in [0.25, 0.3) is 0 Å². The molecule has 21 heavy (non-hydrogen) atoms. The van der Waals surface area contributed by atoms with Gasteiger partial charge in [0, 0.05) is 11.1 Å². The maximum atomic E-state index is 6.06. The van der Waals surface area contributed by atoms with E-state index in [0.717, 1.165) is 24.0 Å². The van der Waals surface area contributed by atoms with E-state index in [4.69, 9.17) is 4.74 Å². The van der Waals surface area contributed by atoms with Gasteiger partial charge in [-0.1, -0.05) is 36.1 Å². The highest BCUT2D eigenvalue weighted by Crippen LogP contribution is 2.49. The zero-order valence-electron chi connectivity index (χ0n) is 12.5. The van der Waals surface area contributed by atoms with Gasteiger partial charge in [-0.2, -0.15) is 0 Å². The number of hydrogen-bond donors (Lipinski definition) is 0. The summed E-state index contributed by atoms with van der Waals surface area (Å²) in [6, 6.07) is 19.2. The molecule has 1 fully saturated rings. The van der Waals surface area contributed by atoms with Gasteiger partial charge in [0.2, 0.25) is 0 Å². The molecule has 2 aromatic carbocycles. The van der Waals surface area contributed by atoms with Crippen molar-refractivity contribution in [2.45, 2.75) is 38.4 Å². The van der Waals surface area contributed by atoms with E-state index in [2.05, 4.69) is 56.0 Å². The van der Waals surface area contributed by atoms with Gasteiger partial charge >= 0.3 is 0 Å². The van der Waals surface area contributed by atoms with E-state index in [1.807, 2.05) is 24.3 Å². The van der Waals surface area contributed by atoms with Gasteiger partial charge in [0.1, 0.15) is 0 Å². The van der Waals surface area contributed by atoms with Crippen molar-refractivity contribution in [1.82, 2.24) is 0 Å². The van der Waals surface area contributed by atoms with E-state index >= 15 is 0 Å². The fourth-order valence-corrected chi connectivity index (χ4v) is 2.51. The summed E-state index contributed by atoms with van der Waals surface area (Å²) in [7, 11) is 0. The second kappa shape index (κ2) is 5.76. The van der Waals surface area contributed by atoms with Crippen molar-refractivity contribution in [3.8, 4) is 11.8 Å². The van der Waals surface area contributed by atoms with Gasteiger partial charge in [0.15, 0.2) is 0 Å². The summed E-state index contributed by atoms with van der Waals surface area (Å²) in [5, 5.41) is 0. The highest BCUT2D eigenvalue weighted by atomic mass is 16.5. The zero-order valence-corrected chi connectivity index (χ0v) is 12.5. The second-order valence-corrected chi connectivity index (χ2v) is 5.78. The van der Waals surface area contributed by atoms with Crippen LogP contribution in [-0.4, -0.2) is 6.10 Å². The monoisotopic (exact) mass is 275 g/mol. The first-order chi connectivity index (χ1) is 10.2. The van der Waals surface area contributed by atoms with E-state index < -0.39 is 0 Å². The normalized spacial score (nSPS) is 15.4. The van der Waals surface area contributed by atoms with Gasteiger partial charge in [-0.05, 0) is 62.6 Å². The average molecular weight is 275 g/mol. The van der Waals surface area contributed by atoms with E-state index in [9.17, 15) is 0 Å². The minimum Gasteiger partial charge on any atom is -0.368 e. The van der Waals surface area contributed by atoms with Gasteiger partial charge in [-0.3, -0.25) is 0 Å². The van der Waals surface area contributed by atoms with Crippen LogP contribution in [0.5, 0.6) is 0 Å². The first-order valence-electron chi connectivity index (χ1n) is 7.44. The van der Waals surface area contributed by atoms with Gasteiger partial charge in [-0.15, -0.1) is 0 Å². The summed E-state index contributed by atoms with van der Waals surface area (Å²) >= 11 is 0. The lowest BCUT2D eigenvalue weighted by molar-refractivity contribution is -0.0143. The Balaban J connectivity index is 1.75. The average Bonchev–Trinajstić information content (AvgIpc) is 3.27. The molecule has 1 radical (unpaired) electrons. The topological polar surface area (TPSA) is 9.23 Å². The maximum Gasteiger partial charge on any atom is 0.0937 e. The van der Waals surface area contributed by atoms with Crippen molar-refractivity contribution in [1.29, 1.82) is 0 Å². The Morgan fingerprint density at radius 2 is 1.52 bits per heavy atom. The molecular weight excluding hydrogens is 256 g/mol. The Morgan fingerprint density at radius 1 is 0.952 bits per heavy atom. The van der Waals surface area contributed by atoms with E-state index in [1.165, 1.54) is 5.56 Å². The smallest absolute Gasteiger partial charge is 0.0937 e. The first kappa shape index (κ1) is 13.9. The third-order valence-electron chi connectivity index (χ3n) is 3.65. The number of rotatable bonds is 3. The molecule has 1 aliphatic carbocycles. The first-order valence-corrected chi connectivity index (χ1v) is 7.44. The van der Waals surface area contributed by atoms with E-state index in [-0.39, 0.29) is 11.7 Å². The van der Waals surface area contributed by atoms with Crippen LogP contribution in [0.2, 0.25) is 0 Å². The third-order valence-corrected chi connectivity index (χ3v) is 3.65. The Labute approximate surface area is 127 Å². The summed E-state index contributed by atoms with van der Waals surface area (Å²) in [6.07, 6.45) is 2.51. The van der Waals surface area contributed by atoms with E-state index in [1.54, 1.807) is 0 Å². The molecule has 0 N–H and O–H groups in total. The fourth-order valence-electron chi connectivity index (χ4n) is 2.51. The molecule has 1 aliphatic rings. The van der Waals surface area contributed by atoms with Crippen LogP contribution in [0.3, 0.4) is 0 Å². The standard InChI is InChI=1S/C20H19O/c1-16(2)21-20(14-15-20)19-12-10-18(11-13-19)9-8-17-6-4-3-5-7-17/h4-7,10-13,16H,14-15H2,1-2H3. The van der Waals surface area contributed by atoms with Crippen LogP contribution in [0, 0.1) is 17.9 Å². The Bertz CT molecular complexity index is 652. The van der Waals surface area contributed by atoms with Gasteiger partial charge in [0.05, 0.1) is 11.7 Å². The lowest BCUT2D eigenvalue weighted by Gasteiger charge is -2.19. The summed E-state index contributed by atoms with van der Waals surface area (Å²) in [6.45, 7) is 4.19. The predicted octanol–water partition coefficient (Wildman–Crippen LogP) is 4.30. The summed E-state index contributed by atoms with van der Waals surface area (Å²) < 4.78 is 6.06. The quantitative estimate of drug-likeness (QED) is 0.759. The molecule has 0 aromatic heterocycles. The third kappa shape index (κ3) is 3.35. The fraction of sp³-hybridized carbons (Fsp3) is 0.300. The van der Waals surface area contributed by atoms with Crippen molar-refractivity contribution < 1.29 is 4.74 Å². The minimum atomic E-state index is -0.0324. The van der Waals surface area contributed by atoms with Crippen LogP contribution in [0.15, 0.2) is 48.5 Å². The van der Waals surface area contributed by atoms with Crippen LogP contribution in [0.25, 0.3) is 0 Å². The highest BCUT2D eigenvalue weighted by Gasteiger charge is 2.46. The molecule has 3 rings (SSSR count). The predicted molar refractivity (Wildman–Crippen MR) is 84.8 cm³/mol. The van der Waals surface area contributed by atoms with Crippen molar-refractivity contribution >= 4 is 0 Å².